The van der Waals surface area contributed by atoms with Crippen molar-refractivity contribution < 1.29 is 14.6 Å². The first-order valence-corrected chi connectivity index (χ1v) is 6.31. The third-order valence-corrected chi connectivity index (χ3v) is 3.17. The number of hydrogen-bond donors (Lipinski definition) is 1. The van der Waals surface area contributed by atoms with Crippen LogP contribution in [-0.2, 0) is 16.0 Å². The molecule has 0 spiro atoms. The van der Waals surface area contributed by atoms with Crippen molar-refractivity contribution in [1.82, 2.24) is 4.90 Å². The predicted molar refractivity (Wildman–Crippen MR) is 68.6 cm³/mol. The summed E-state index contributed by atoms with van der Waals surface area (Å²) in [5, 5.41) is 9.67. The average Bonchev–Trinajstić information content (AvgIpc) is 2.39. The topological polar surface area (TPSA) is 49.8 Å². The standard InChI is InChI=1S/C13H16ClNO3/c14-11-3-1-2-10(6-11)7-13(17)15-4-5-18-12(8-15)9-16/h1-3,6,12,16H,4-5,7-9H2. The second-order valence-electron chi connectivity index (χ2n) is 4.32. The molecule has 4 nitrogen and oxygen atoms in total. The Labute approximate surface area is 111 Å². The van der Waals surface area contributed by atoms with Gasteiger partial charge in [0, 0.05) is 18.1 Å². The zero-order valence-electron chi connectivity index (χ0n) is 10.0. The first kappa shape index (κ1) is 13.3. The lowest BCUT2D eigenvalue weighted by Crippen LogP contribution is -2.47. The quantitative estimate of drug-likeness (QED) is 0.894. The van der Waals surface area contributed by atoms with E-state index in [1.165, 1.54) is 0 Å². The lowest BCUT2D eigenvalue weighted by atomic mass is 10.1. The monoisotopic (exact) mass is 269 g/mol. The van der Waals surface area contributed by atoms with Crippen LogP contribution in [-0.4, -0.2) is 48.3 Å². The smallest absolute Gasteiger partial charge is 0.227 e. The van der Waals surface area contributed by atoms with E-state index < -0.39 is 0 Å². The molecule has 1 amide bonds. The van der Waals surface area contributed by atoms with Gasteiger partial charge in [-0.1, -0.05) is 23.7 Å². The van der Waals surface area contributed by atoms with E-state index in [9.17, 15) is 4.79 Å². The van der Waals surface area contributed by atoms with E-state index in [0.29, 0.717) is 31.1 Å². The Morgan fingerprint density at radius 2 is 2.39 bits per heavy atom. The normalized spacial score (nSPS) is 19.9. The van der Waals surface area contributed by atoms with Crippen molar-refractivity contribution in [3.8, 4) is 0 Å². The van der Waals surface area contributed by atoms with Crippen LogP contribution in [0.4, 0.5) is 0 Å². The Kier molecular flexibility index (Phi) is 4.58. The Hall–Kier alpha value is -1.10. The van der Waals surface area contributed by atoms with Gasteiger partial charge in [0.2, 0.25) is 5.91 Å². The maximum absolute atomic E-state index is 12.1. The highest BCUT2D eigenvalue weighted by atomic mass is 35.5. The number of amides is 1. The second-order valence-corrected chi connectivity index (χ2v) is 4.76. The number of benzene rings is 1. The fourth-order valence-corrected chi connectivity index (χ4v) is 2.20. The first-order valence-electron chi connectivity index (χ1n) is 5.93. The Morgan fingerprint density at radius 3 is 3.11 bits per heavy atom. The fourth-order valence-electron chi connectivity index (χ4n) is 1.99. The van der Waals surface area contributed by atoms with E-state index in [0.717, 1.165) is 5.56 Å². The van der Waals surface area contributed by atoms with Gasteiger partial charge in [-0.3, -0.25) is 4.79 Å². The third-order valence-electron chi connectivity index (χ3n) is 2.94. The van der Waals surface area contributed by atoms with Crippen molar-refractivity contribution in [1.29, 1.82) is 0 Å². The number of aliphatic hydroxyl groups excluding tert-OH is 1. The van der Waals surface area contributed by atoms with E-state index in [-0.39, 0.29) is 18.6 Å². The largest absolute Gasteiger partial charge is 0.394 e. The molecule has 0 bridgehead atoms. The summed E-state index contributed by atoms with van der Waals surface area (Å²) in [6, 6.07) is 7.30. The second kappa shape index (κ2) is 6.18. The number of carbonyl (C=O) groups excluding carboxylic acids is 1. The molecule has 0 aliphatic carbocycles. The van der Waals surface area contributed by atoms with Gasteiger partial charge in [0.05, 0.1) is 25.7 Å². The average molecular weight is 270 g/mol. The summed E-state index contributed by atoms with van der Waals surface area (Å²) in [5.41, 5.74) is 0.902. The molecule has 1 heterocycles. The highest BCUT2D eigenvalue weighted by molar-refractivity contribution is 6.30. The molecule has 1 atom stereocenters. The maximum Gasteiger partial charge on any atom is 0.227 e. The van der Waals surface area contributed by atoms with Crippen LogP contribution in [0.15, 0.2) is 24.3 Å². The molecule has 0 radical (unpaired) electrons. The van der Waals surface area contributed by atoms with E-state index in [4.69, 9.17) is 21.4 Å². The minimum Gasteiger partial charge on any atom is -0.394 e. The molecule has 1 fully saturated rings. The molecule has 1 aromatic rings. The van der Waals surface area contributed by atoms with Crippen LogP contribution in [0, 0.1) is 0 Å². The van der Waals surface area contributed by atoms with Gasteiger partial charge < -0.3 is 14.7 Å². The number of nitrogens with zero attached hydrogens (tertiary/aromatic N) is 1. The van der Waals surface area contributed by atoms with Gasteiger partial charge >= 0.3 is 0 Å². The van der Waals surface area contributed by atoms with Gasteiger partial charge in [-0.25, -0.2) is 0 Å². The van der Waals surface area contributed by atoms with Crippen LogP contribution >= 0.6 is 11.6 Å². The molecule has 2 rings (SSSR count). The number of rotatable bonds is 3. The summed E-state index contributed by atoms with van der Waals surface area (Å²) in [7, 11) is 0. The van der Waals surface area contributed by atoms with E-state index in [1.54, 1.807) is 17.0 Å². The van der Waals surface area contributed by atoms with Crippen LogP contribution in [0.3, 0.4) is 0 Å². The molecule has 1 aliphatic heterocycles. The SMILES string of the molecule is O=C(Cc1cccc(Cl)c1)N1CCOC(CO)C1. The van der Waals surface area contributed by atoms with Gasteiger partial charge in [0.25, 0.3) is 0 Å². The minimum atomic E-state index is -0.262. The van der Waals surface area contributed by atoms with Crippen molar-refractivity contribution >= 4 is 17.5 Å². The van der Waals surface area contributed by atoms with E-state index in [2.05, 4.69) is 0 Å². The van der Waals surface area contributed by atoms with Crippen LogP contribution in [0.1, 0.15) is 5.56 Å². The molecule has 18 heavy (non-hydrogen) atoms. The van der Waals surface area contributed by atoms with Gasteiger partial charge in [0.1, 0.15) is 0 Å². The Balaban J connectivity index is 1.95. The minimum absolute atomic E-state index is 0.0408. The lowest BCUT2D eigenvalue weighted by Gasteiger charge is -2.32. The summed E-state index contributed by atoms with van der Waals surface area (Å²) in [5.74, 6) is 0.0408. The van der Waals surface area contributed by atoms with Gasteiger partial charge in [-0.05, 0) is 17.7 Å². The molecule has 1 N–H and O–H groups in total. The highest BCUT2D eigenvalue weighted by Crippen LogP contribution is 2.13. The van der Waals surface area contributed by atoms with Crippen molar-refractivity contribution in [3.05, 3.63) is 34.9 Å². The molecule has 0 aromatic heterocycles. The van der Waals surface area contributed by atoms with Crippen LogP contribution in [0.2, 0.25) is 5.02 Å². The van der Waals surface area contributed by atoms with Gasteiger partial charge in [-0.15, -0.1) is 0 Å². The van der Waals surface area contributed by atoms with Gasteiger partial charge in [-0.2, -0.15) is 0 Å². The number of halogens is 1. The van der Waals surface area contributed by atoms with E-state index in [1.807, 2.05) is 12.1 Å². The number of morpholine rings is 1. The zero-order valence-corrected chi connectivity index (χ0v) is 10.8. The number of hydrogen-bond acceptors (Lipinski definition) is 3. The molecule has 1 saturated heterocycles. The molecule has 1 aliphatic rings. The van der Waals surface area contributed by atoms with Crippen molar-refractivity contribution in [2.45, 2.75) is 12.5 Å². The zero-order chi connectivity index (χ0) is 13.0. The van der Waals surface area contributed by atoms with Gasteiger partial charge in [0.15, 0.2) is 0 Å². The van der Waals surface area contributed by atoms with Crippen molar-refractivity contribution in [3.63, 3.8) is 0 Å². The van der Waals surface area contributed by atoms with Crippen LogP contribution in [0.5, 0.6) is 0 Å². The third kappa shape index (κ3) is 3.45. The Bertz CT molecular complexity index is 424. The lowest BCUT2D eigenvalue weighted by molar-refractivity contribution is -0.139. The maximum atomic E-state index is 12.1. The first-order chi connectivity index (χ1) is 8.69. The number of aliphatic hydroxyl groups is 1. The molecule has 1 unspecified atom stereocenters. The highest BCUT2D eigenvalue weighted by Gasteiger charge is 2.23. The molecule has 5 heteroatoms. The van der Waals surface area contributed by atoms with Crippen molar-refractivity contribution in [2.75, 3.05) is 26.3 Å². The summed E-state index contributed by atoms with van der Waals surface area (Å²) >= 11 is 5.88. The summed E-state index contributed by atoms with van der Waals surface area (Å²) in [6.07, 6.45) is 0.0701. The molecular formula is C13H16ClNO3. The summed E-state index contributed by atoms with van der Waals surface area (Å²) < 4.78 is 5.31. The predicted octanol–water partition coefficient (Wildman–Crippen LogP) is 1.10. The summed E-state index contributed by atoms with van der Waals surface area (Å²) in [4.78, 5) is 13.8. The summed E-state index contributed by atoms with van der Waals surface area (Å²) in [6.45, 7) is 1.46. The van der Waals surface area contributed by atoms with Crippen LogP contribution in [0.25, 0.3) is 0 Å². The number of ether oxygens (including phenoxy) is 1. The Morgan fingerprint density at radius 1 is 1.56 bits per heavy atom. The molecule has 98 valence electrons. The molecule has 0 saturated carbocycles. The molecule has 1 aromatic carbocycles. The van der Waals surface area contributed by atoms with E-state index >= 15 is 0 Å². The molecular weight excluding hydrogens is 254 g/mol. The van der Waals surface area contributed by atoms with Crippen molar-refractivity contribution in [2.24, 2.45) is 0 Å². The fraction of sp³-hybridized carbons (Fsp3) is 0.462. The van der Waals surface area contributed by atoms with Crippen LogP contribution < -0.4 is 0 Å². The number of carbonyl (C=O) groups is 1.